The highest BCUT2D eigenvalue weighted by Crippen LogP contribution is 2.38. The van der Waals surface area contributed by atoms with Gasteiger partial charge in [0.1, 0.15) is 21.4 Å². The van der Waals surface area contributed by atoms with Crippen LogP contribution in [0, 0.1) is 18.8 Å². The number of aromatic nitrogens is 3. The number of Topliss-reactive ketones (excluding diaryl/α,β-unsaturated/α-hetero) is 2. The van der Waals surface area contributed by atoms with Crippen molar-refractivity contribution < 1.29 is 51.7 Å². The van der Waals surface area contributed by atoms with Gasteiger partial charge in [0, 0.05) is 18.8 Å². The number of hydrogen-bond donors (Lipinski definition) is 3. The Morgan fingerprint density at radius 3 is 2.28 bits per heavy atom. The summed E-state index contributed by atoms with van der Waals surface area (Å²) < 4.78 is 40.5. The first-order valence-corrected chi connectivity index (χ1v) is 15.1. The predicted molar refractivity (Wildman–Crippen MR) is 148 cm³/mol. The van der Waals surface area contributed by atoms with Crippen LogP contribution in [0.1, 0.15) is 48.1 Å². The number of allylic oxidation sites excluding steroid dienone is 2. The number of nitrogens with one attached hydrogen (secondary N) is 2. The number of hydrogen-bond acceptors (Lipinski definition) is 15. The molecule has 0 atom stereocenters. The summed E-state index contributed by atoms with van der Waals surface area (Å²) in [4.78, 5) is 69.6. The molecule has 0 spiro atoms. The molecule has 0 radical (unpaired) electrons. The molecule has 0 aromatic carbocycles. The van der Waals surface area contributed by atoms with Gasteiger partial charge in [-0.05, 0) is 38.1 Å². The number of anilines is 1. The number of amides is 2. The van der Waals surface area contributed by atoms with Crippen molar-refractivity contribution in [3.05, 3.63) is 33.5 Å². The van der Waals surface area contributed by atoms with E-state index in [9.17, 15) is 37.5 Å². The number of thiophene rings is 1. The molecule has 2 fully saturated rings. The SMILES string of the molecule is CCOC(=O)C1CC(=O)C(=C(O)C2CC2)C(=O)C1.COC(=O)c1sccc1S(=O)(=O)NC(=O)Nc1nc(C)nc(OC)n1. The summed E-state index contributed by atoms with van der Waals surface area (Å²) in [5.74, 6) is -2.95. The lowest BCUT2D eigenvalue weighted by Gasteiger charge is -2.21. The summed E-state index contributed by atoms with van der Waals surface area (Å²) in [6.07, 6.45) is 1.54. The molecule has 2 aromatic rings. The van der Waals surface area contributed by atoms with Crippen LogP contribution in [-0.4, -0.2) is 78.8 Å². The number of sulfonamides is 1. The number of ketones is 2. The molecule has 16 nitrogen and oxygen atoms in total. The van der Waals surface area contributed by atoms with E-state index in [2.05, 4.69) is 25.0 Å². The number of carbonyl (C=O) groups is 5. The Hall–Kier alpha value is -4.45. The maximum absolute atomic E-state index is 12.3. The first-order chi connectivity index (χ1) is 20.3. The van der Waals surface area contributed by atoms with Crippen LogP contribution in [0.2, 0.25) is 0 Å². The van der Waals surface area contributed by atoms with E-state index in [0.29, 0.717) is 0 Å². The highest BCUT2D eigenvalue weighted by atomic mass is 32.2. The van der Waals surface area contributed by atoms with Crippen molar-refractivity contribution >= 4 is 56.8 Å². The average molecular weight is 640 g/mol. The summed E-state index contributed by atoms with van der Waals surface area (Å²) in [7, 11) is -1.86. The number of nitrogens with zero attached hydrogens (tertiary/aromatic N) is 3. The predicted octanol–water partition coefficient (Wildman–Crippen LogP) is 1.87. The maximum atomic E-state index is 12.3. The third-order valence-electron chi connectivity index (χ3n) is 5.91. The number of carbonyl (C=O) groups excluding carboxylic acids is 5. The van der Waals surface area contributed by atoms with Crippen molar-refractivity contribution in [2.45, 2.75) is 44.4 Å². The molecule has 2 aliphatic rings. The molecule has 2 heterocycles. The fourth-order valence-corrected chi connectivity index (χ4v) is 6.06. The van der Waals surface area contributed by atoms with Crippen molar-refractivity contribution in [3.63, 3.8) is 0 Å². The van der Waals surface area contributed by atoms with E-state index in [4.69, 9.17) is 9.47 Å². The van der Waals surface area contributed by atoms with Crippen LogP contribution in [-0.2, 0) is 33.9 Å². The second kappa shape index (κ2) is 14.1. The molecular formula is C25H29N5O11S2. The second-order valence-electron chi connectivity index (χ2n) is 9.10. The van der Waals surface area contributed by atoms with Crippen molar-refractivity contribution in [2.75, 3.05) is 26.1 Å². The van der Waals surface area contributed by atoms with Crippen molar-refractivity contribution in [1.29, 1.82) is 0 Å². The van der Waals surface area contributed by atoms with Crippen molar-refractivity contribution in [1.82, 2.24) is 19.7 Å². The monoisotopic (exact) mass is 639 g/mol. The summed E-state index contributed by atoms with van der Waals surface area (Å²) in [5.41, 5.74) is -0.0851. The van der Waals surface area contributed by atoms with E-state index in [1.165, 1.54) is 25.5 Å². The summed E-state index contributed by atoms with van der Waals surface area (Å²) in [5, 5.41) is 13.3. The lowest BCUT2D eigenvalue weighted by Crippen LogP contribution is -2.35. The number of rotatable bonds is 8. The topological polar surface area (TPSA) is 230 Å². The number of urea groups is 1. The molecule has 2 saturated carbocycles. The highest BCUT2D eigenvalue weighted by molar-refractivity contribution is 7.90. The lowest BCUT2D eigenvalue weighted by molar-refractivity contribution is -0.151. The molecule has 2 amide bonds. The number of esters is 2. The van der Waals surface area contributed by atoms with Crippen LogP contribution >= 0.6 is 11.3 Å². The Labute approximate surface area is 249 Å². The van der Waals surface area contributed by atoms with Gasteiger partial charge in [-0.25, -0.2) is 22.7 Å². The largest absolute Gasteiger partial charge is 0.511 e. The molecule has 4 rings (SSSR count). The van der Waals surface area contributed by atoms with Gasteiger partial charge in [0.15, 0.2) is 11.6 Å². The zero-order valence-electron chi connectivity index (χ0n) is 23.5. The van der Waals surface area contributed by atoms with Gasteiger partial charge in [-0.15, -0.1) is 11.3 Å². The molecule has 3 N–H and O–H groups in total. The third-order valence-corrected chi connectivity index (χ3v) is 8.31. The molecule has 0 saturated heterocycles. The van der Waals surface area contributed by atoms with Gasteiger partial charge in [0.05, 0.1) is 32.3 Å². The minimum atomic E-state index is -4.30. The van der Waals surface area contributed by atoms with Crippen LogP contribution in [0.3, 0.4) is 0 Å². The van der Waals surface area contributed by atoms with Crippen LogP contribution in [0.15, 0.2) is 27.7 Å². The quantitative estimate of drug-likeness (QED) is 0.162. The van der Waals surface area contributed by atoms with E-state index < -0.39 is 45.5 Å². The number of ether oxygens (including phenoxy) is 3. The molecule has 0 bridgehead atoms. The summed E-state index contributed by atoms with van der Waals surface area (Å²) in [6.45, 7) is 3.44. The molecule has 0 aliphatic heterocycles. The fraction of sp³-hybridized carbons (Fsp3) is 0.440. The molecule has 232 valence electrons. The van der Waals surface area contributed by atoms with Crippen LogP contribution in [0.5, 0.6) is 6.01 Å². The van der Waals surface area contributed by atoms with Crippen LogP contribution in [0.4, 0.5) is 10.7 Å². The summed E-state index contributed by atoms with van der Waals surface area (Å²) >= 11 is 0.872. The van der Waals surface area contributed by atoms with Crippen LogP contribution in [0.25, 0.3) is 0 Å². The van der Waals surface area contributed by atoms with Crippen LogP contribution < -0.4 is 14.8 Å². The van der Waals surface area contributed by atoms with Gasteiger partial charge in [-0.1, -0.05) is 0 Å². The highest BCUT2D eigenvalue weighted by Gasteiger charge is 2.40. The Morgan fingerprint density at radius 2 is 1.72 bits per heavy atom. The number of methoxy groups -OCH3 is 2. The molecule has 0 unspecified atom stereocenters. The van der Waals surface area contributed by atoms with Crippen molar-refractivity contribution in [3.8, 4) is 6.01 Å². The Balaban J connectivity index is 0.000000248. The van der Waals surface area contributed by atoms with Gasteiger partial charge in [0.2, 0.25) is 5.95 Å². The van der Waals surface area contributed by atoms with E-state index in [1.807, 2.05) is 0 Å². The minimum absolute atomic E-state index is 0.0351. The zero-order valence-corrected chi connectivity index (χ0v) is 25.2. The zero-order chi connectivity index (χ0) is 31.9. The van der Waals surface area contributed by atoms with E-state index in [1.54, 1.807) is 11.6 Å². The summed E-state index contributed by atoms with van der Waals surface area (Å²) in [6, 6.07) is 0.0222. The smallest absolute Gasteiger partial charge is 0.349 e. The molecule has 43 heavy (non-hydrogen) atoms. The Morgan fingerprint density at radius 1 is 1.07 bits per heavy atom. The first-order valence-electron chi connectivity index (χ1n) is 12.7. The fourth-order valence-electron chi connectivity index (χ4n) is 3.81. The van der Waals surface area contributed by atoms with Gasteiger partial charge in [-0.3, -0.25) is 19.7 Å². The third kappa shape index (κ3) is 8.54. The molecular weight excluding hydrogens is 610 g/mol. The van der Waals surface area contributed by atoms with E-state index in [-0.39, 0.29) is 64.3 Å². The number of aryl methyl sites for hydroxylation is 1. The number of aliphatic hydroxyl groups excluding tert-OH is 1. The van der Waals surface area contributed by atoms with E-state index in [0.717, 1.165) is 31.3 Å². The van der Waals surface area contributed by atoms with Gasteiger partial charge < -0.3 is 19.3 Å². The van der Waals surface area contributed by atoms with Gasteiger partial charge in [-0.2, -0.15) is 15.0 Å². The lowest BCUT2D eigenvalue weighted by atomic mass is 9.82. The second-order valence-corrected chi connectivity index (χ2v) is 11.7. The molecule has 2 aliphatic carbocycles. The molecule has 2 aromatic heterocycles. The Kier molecular flexibility index (Phi) is 10.9. The van der Waals surface area contributed by atoms with E-state index >= 15 is 0 Å². The van der Waals surface area contributed by atoms with Gasteiger partial charge >= 0.3 is 24.0 Å². The average Bonchev–Trinajstić information content (AvgIpc) is 3.67. The Bertz CT molecular complexity index is 1540. The standard InChI is InChI=1S/C13H16O5.C12H13N5O6S2/c1-2-18-13(17)8-5-9(14)11(10(15)6-8)12(16)7-3-4-7;1-6-13-10(16-12(14-6)23-3)15-11(19)17-25(20,21)7-4-5-24-8(7)9(18)22-2/h7-8,16H,2-6H2,1H3;4-5H,1-3H3,(H2,13,14,15,16,17,19). The normalized spacial score (nSPS) is 16.4. The van der Waals surface area contributed by atoms with Crippen molar-refractivity contribution in [2.24, 2.45) is 11.8 Å². The molecule has 18 heteroatoms. The minimum Gasteiger partial charge on any atom is -0.511 e. The maximum Gasteiger partial charge on any atom is 0.349 e. The first kappa shape index (κ1) is 33.1. The number of aliphatic hydroxyl groups is 1. The van der Waals surface area contributed by atoms with Gasteiger partial charge in [0.25, 0.3) is 10.0 Å².